The van der Waals surface area contributed by atoms with Crippen molar-refractivity contribution in [2.75, 3.05) is 14.1 Å². The summed E-state index contributed by atoms with van der Waals surface area (Å²) in [4.78, 5) is 13.4. The van der Waals surface area contributed by atoms with Crippen molar-refractivity contribution in [1.82, 2.24) is 14.7 Å². The minimum atomic E-state index is -0.280. The van der Waals surface area contributed by atoms with Crippen molar-refractivity contribution in [3.8, 4) is 11.3 Å². The fraction of sp³-hybridized carbons (Fsp3) is 0.286. The van der Waals surface area contributed by atoms with Gasteiger partial charge in [-0.25, -0.2) is 0 Å². The lowest BCUT2D eigenvalue weighted by Crippen LogP contribution is -2.30. The van der Waals surface area contributed by atoms with Gasteiger partial charge in [-0.2, -0.15) is 5.10 Å². The number of hydrogen-bond donors (Lipinski definition) is 0. The molecule has 0 aliphatic rings. The van der Waals surface area contributed by atoms with Crippen LogP contribution < -0.4 is 0 Å². The summed E-state index contributed by atoms with van der Waals surface area (Å²) in [6, 6.07) is 11.6. The van der Waals surface area contributed by atoms with Crippen LogP contribution in [-0.4, -0.2) is 34.7 Å². The van der Waals surface area contributed by atoms with Gasteiger partial charge in [0, 0.05) is 25.9 Å². The predicted octanol–water partition coefficient (Wildman–Crippen LogP) is 2.20. The Hall–Kier alpha value is -2.10. The van der Waals surface area contributed by atoms with Gasteiger partial charge in [0.25, 0.3) is 0 Å². The molecule has 0 aliphatic heterocycles. The first kappa shape index (κ1) is 12.4. The van der Waals surface area contributed by atoms with Gasteiger partial charge in [0.2, 0.25) is 5.91 Å². The van der Waals surface area contributed by atoms with Crippen LogP contribution in [0.3, 0.4) is 0 Å². The first-order valence-corrected chi connectivity index (χ1v) is 5.91. The van der Waals surface area contributed by atoms with E-state index >= 15 is 0 Å². The summed E-state index contributed by atoms with van der Waals surface area (Å²) in [5, 5.41) is 4.45. The summed E-state index contributed by atoms with van der Waals surface area (Å²) < 4.78 is 1.70. The second-order valence-electron chi connectivity index (χ2n) is 4.46. The molecule has 0 radical (unpaired) electrons. The fourth-order valence-electron chi connectivity index (χ4n) is 1.80. The molecule has 0 unspecified atom stereocenters. The molecule has 1 heterocycles. The van der Waals surface area contributed by atoms with Gasteiger partial charge in [0.1, 0.15) is 6.04 Å². The lowest BCUT2D eigenvalue weighted by molar-refractivity contribution is -0.131. The van der Waals surface area contributed by atoms with Crippen molar-refractivity contribution in [2.45, 2.75) is 13.0 Å². The Morgan fingerprint density at radius 1 is 1.22 bits per heavy atom. The summed E-state index contributed by atoms with van der Waals surface area (Å²) in [5.41, 5.74) is 1.94. The van der Waals surface area contributed by atoms with Crippen molar-refractivity contribution in [3.05, 3.63) is 42.6 Å². The first-order chi connectivity index (χ1) is 8.59. The number of rotatable bonds is 3. The van der Waals surface area contributed by atoms with Crippen molar-refractivity contribution in [1.29, 1.82) is 0 Å². The molecular formula is C14H17N3O. The second-order valence-corrected chi connectivity index (χ2v) is 4.46. The molecule has 1 aromatic carbocycles. The molecule has 2 rings (SSSR count). The summed E-state index contributed by atoms with van der Waals surface area (Å²) in [6.07, 6.45) is 1.84. The molecule has 0 aliphatic carbocycles. The van der Waals surface area contributed by atoms with Crippen LogP contribution in [0.15, 0.2) is 42.6 Å². The molecule has 0 saturated carbocycles. The highest BCUT2D eigenvalue weighted by molar-refractivity contribution is 5.79. The van der Waals surface area contributed by atoms with E-state index in [1.54, 1.807) is 23.7 Å². The van der Waals surface area contributed by atoms with Crippen LogP contribution in [0, 0.1) is 0 Å². The van der Waals surface area contributed by atoms with E-state index in [0.29, 0.717) is 0 Å². The van der Waals surface area contributed by atoms with E-state index in [0.717, 1.165) is 11.3 Å². The number of aromatic nitrogens is 2. The van der Waals surface area contributed by atoms with E-state index in [1.807, 2.05) is 49.5 Å². The molecule has 0 N–H and O–H groups in total. The van der Waals surface area contributed by atoms with E-state index < -0.39 is 0 Å². The monoisotopic (exact) mass is 243 g/mol. The second kappa shape index (κ2) is 5.04. The van der Waals surface area contributed by atoms with E-state index in [2.05, 4.69) is 5.10 Å². The molecular weight excluding hydrogens is 226 g/mol. The van der Waals surface area contributed by atoms with Gasteiger partial charge in [-0.1, -0.05) is 30.3 Å². The number of benzene rings is 1. The van der Waals surface area contributed by atoms with Gasteiger partial charge >= 0.3 is 0 Å². The molecule has 0 spiro atoms. The Balaban J connectivity index is 2.24. The number of nitrogens with zero attached hydrogens (tertiary/aromatic N) is 3. The molecule has 0 fully saturated rings. The third-order valence-corrected chi connectivity index (χ3v) is 2.87. The zero-order chi connectivity index (χ0) is 13.1. The molecule has 0 bridgehead atoms. The van der Waals surface area contributed by atoms with Crippen LogP contribution >= 0.6 is 0 Å². The summed E-state index contributed by atoms with van der Waals surface area (Å²) >= 11 is 0. The number of likely N-dealkylation sites (N-methyl/N-ethyl adjacent to an activating group) is 1. The summed E-state index contributed by atoms with van der Waals surface area (Å²) in [5.74, 6) is 0.0395. The molecule has 1 amide bonds. The zero-order valence-corrected chi connectivity index (χ0v) is 10.9. The van der Waals surface area contributed by atoms with E-state index in [1.165, 1.54) is 0 Å². The topological polar surface area (TPSA) is 38.1 Å². The van der Waals surface area contributed by atoms with Gasteiger partial charge < -0.3 is 4.90 Å². The highest BCUT2D eigenvalue weighted by Gasteiger charge is 2.17. The van der Waals surface area contributed by atoms with Crippen molar-refractivity contribution in [2.24, 2.45) is 0 Å². The van der Waals surface area contributed by atoms with Gasteiger partial charge in [-0.15, -0.1) is 0 Å². The molecule has 18 heavy (non-hydrogen) atoms. The number of hydrogen-bond acceptors (Lipinski definition) is 2. The molecule has 2 aromatic rings. The Bertz CT molecular complexity index is 531. The molecule has 94 valence electrons. The smallest absolute Gasteiger partial charge is 0.246 e. The lowest BCUT2D eigenvalue weighted by atomic mass is 10.2. The van der Waals surface area contributed by atoms with Gasteiger partial charge in [0.05, 0.1) is 5.69 Å². The normalized spacial score (nSPS) is 12.2. The first-order valence-electron chi connectivity index (χ1n) is 5.91. The molecule has 1 atom stereocenters. The third kappa shape index (κ3) is 2.42. The van der Waals surface area contributed by atoms with E-state index in [4.69, 9.17) is 0 Å². The average molecular weight is 243 g/mol. The van der Waals surface area contributed by atoms with Crippen molar-refractivity contribution < 1.29 is 4.79 Å². The maximum Gasteiger partial charge on any atom is 0.246 e. The fourth-order valence-corrected chi connectivity index (χ4v) is 1.80. The van der Waals surface area contributed by atoms with Gasteiger partial charge in [-0.3, -0.25) is 9.48 Å². The Labute approximate surface area is 107 Å². The van der Waals surface area contributed by atoms with Crippen LogP contribution in [0.5, 0.6) is 0 Å². The largest absolute Gasteiger partial charge is 0.347 e. The SMILES string of the molecule is C[C@H](C(=O)N(C)C)n1ccc(-c2ccccc2)n1. The molecule has 4 nitrogen and oxygen atoms in total. The van der Waals surface area contributed by atoms with Crippen molar-refractivity contribution >= 4 is 5.91 Å². The number of carbonyl (C=O) groups excluding carboxylic acids is 1. The average Bonchev–Trinajstić information content (AvgIpc) is 2.87. The maximum atomic E-state index is 11.9. The van der Waals surface area contributed by atoms with Crippen LogP contribution in [-0.2, 0) is 4.79 Å². The third-order valence-electron chi connectivity index (χ3n) is 2.87. The highest BCUT2D eigenvalue weighted by Crippen LogP contribution is 2.18. The standard InChI is InChI=1S/C14H17N3O/c1-11(14(18)16(2)3)17-10-9-13(15-17)12-7-5-4-6-8-12/h4-11H,1-3H3/t11-/m1/s1. The highest BCUT2D eigenvalue weighted by atomic mass is 16.2. The number of carbonyl (C=O) groups is 1. The Morgan fingerprint density at radius 3 is 2.50 bits per heavy atom. The quantitative estimate of drug-likeness (QED) is 0.829. The number of amides is 1. The zero-order valence-electron chi connectivity index (χ0n) is 10.9. The van der Waals surface area contributed by atoms with Crippen LogP contribution in [0.4, 0.5) is 0 Å². The molecule has 1 aromatic heterocycles. The van der Waals surface area contributed by atoms with Crippen LogP contribution in [0.2, 0.25) is 0 Å². The van der Waals surface area contributed by atoms with Crippen molar-refractivity contribution in [3.63, 3.8) is 0 Å². The van der Waals surface area contributed by atoms with Gasteiger partial charge in [0.15, 0.2) is 0 Å². The van der Waals surface area contributed by atoms with Crippen LogP contribution in [0.1, 0.15) is 13.0 Å². The molecule has 0 saturated heterocycles. The van der Waals surface area contributed by atoms with Gasteiger partial charge in [-0.05, 0) is 13.0 Å². The summed E-state index contributed by atoms with van der Waals surface area (Å²) in [6.45, 7) is 1.85. The lowest BCUT2D eigenvalue weighted by Gasteiger charge is -2.16. The predicted molar refractivity (Wildman–Crippen MR) is 71.1 cm³/mol. The van der Waals surface area contributed by atoms with Crippen LogP contribution in [0.25, 0.3) is 11.3 Å². The minimum Gasteiger partial charge on any atom is -0.347 e. The summed E-state index contributed by atoms with van der Waals surface area (Å²) in [7, 11) is 3.50. The van der Waals surface area contributed by atoms with E-state index in [9.17, 15) is 4.79 Å². The Kier molecular flexibility index (Phi) is 3.46. The minimum absolute atomic E-state index is 0.0395. The molecule has 4 heteroatoms. The maximum absolute atomic E-state index is 11.9. The Morgan fingerprint density at radius 2 is 1.89 bits per heavy atom. The van der Waals surface area contributed by atoms with E-state index in [-0.39, 0.29) is 11.9 Å².